The third kappa shape index (κ3) is 6.33. The molecule has 0 saturated carbocycles. The van der Waals surface area contributed by atoms with E-state index in [9.17, 15) is 0 Å². The Kier molecular flexibility index (Phi) is 7.91. The highest BCUT2D eigenvalue weighted by molar-refractivity contribution is 7.11. The largest absolute Gasteiger partial charge is 0.380 e. The Labute approximate surface area is 161 Å². The van der Waals surface area contributed by atoms with E-state index in [0.717, 1.165) is 35.4 Å². The minimum Gasteiger partial charge on any atom is -0.380 e. The number of nitrogens with one attached hydrogen (secondary N) is 3. The van der Waals surface area contributed by atoms with Gasteiger partial charge in [0.2, 0.25) is 0 Å². The molecule has 3 N–H and O–H groups in total. The van der Waals surface area contributed by atoms with Crippen molar-refractivity contribution >= 4 is 23.0 Å². The standard InChI is InChI=1S/C20H31N5S/c1-6-21-20(23-13-19-24-15(4)16(5)26-19)22-12-18(14(2)3)25-17-10-8-7-9-11-17/h7-11,14,18,25H,6,12-13H2,1-5H3,(H2,21,22,23). The minimum atomic E-state index is 0.311. The first-order valence-electron chi connectivity index (χ1n) is 9.26. The van der Waals surface area contributed by atoms with Crippen molar-refractivity contribution in [1.29, 1.82) is 0 Å². The number of aryl methyl sites for hydroxylation is 2. The van der Waals surface area contributed by atoms with Gasteiger partial charge in [-0.2, -0.15) is 0 Å². The predicted molar refractivity (Wildman–Crippen MR) is 113 cm³/mol. The van der Waals surface area contributed by atoms with Crippen LogP contribution in [-0.4, -0.2) is 30.1 Å². The average Bonchev–Trinajstić information content (AvgIpc) is 2.94. The Morgan fingerprint density at radius 3 is 2.46 bits per heavy atom. The molecule has 2 aromatic rings. The molecule has 142 valence electrons. The summed E-state index contributed by atoms with van der Waals surface area (Å²) in [5.41, 5.74) is 2.24. The van der Waals surface area contributed by atoms with Gasteiger partial charge in [-0.1, -0.05) is 32.0 Å². The number of nitrogens with zero attached hydrogens (tertiary/aromatic N) is 2. The summed E-state index contributed by atoms with van der Waals surface area (Å²) < 4.78 is 0. The van der Waals surface area contributed by atoms with Crippen molar-refractivity contribution < 1.29 is 0 Å². The Morgan fingerprint density at radius 1 is 1.15 bits per heavy atom. The van der Waals surface area contributed by atoms with Gasteiger partial charge in [-0.3, -0.25) is 0 Å². The Hall–Kier alpha value is -2.08. The van der Waals surface area contributed by atoms with Crippen LogP contribution in [0, 0.1) is 19.8 Å². The summed E-state index contributed by atoms with van der Waals surface area (Å²) in [6.45, 7) is 12.9. The lowest BCUT2D eigenvalue weighted by Crippen LogP contribution is -2.44. The van der Waals surface area contributed by atoms with E-state index in [1.807, 2.05) is 13.0 Å². The summed E-state index contributed by atoms with van der Waals surface area (Å²) in [7, 11) is 0. The normalized spacial score (nSPS) is 12.9. The Morgan fingerprint density at radius 2 is 1.88 bits per heavy atom. The van der Waals surface area contributed by atoms with E-state index in [4.69, 9.17) is 4.99 Å². The summed E-state index contributed by atoms with van der Waals surface area (Å²) in [5, 5.41) is 11.4. The molecule has 0 aliphatic heterocycles. The van der Waals surface area contributed by atoms with Crippen molar-refractivity contribution in [2.75, 3.05) is 18.4 Å². The molecule has 26 heavy (non-hydrogen) atoms. The summed E-state index contributed by atoms with van der Waals surface area (Å²) in [4.78, 5) is 10.5. The molecule has 2 rings (SSSR count). The van der Waals surface area contributed by atoms with Gasteiger partial charge in [-0.05, 0) is 38.8 Å². The van der Waals surface area contributed by atoms with Crippen molar-refractivity contribution in [3.05, 3.63) is 45.9 Å². The highest BCUT2D eigenvalue weighted by atomic mass is 32.1. The van der Waals surface area contributed by atoms with Crippen LogP contribution in [0.25, 0.3) is 0 Å². The van der Waals surface area contributed by atoms with Crippen molar-refractivity contribution in [3.63, 3.8) is 0 Å². The fourth-order valence-electron chi connectivity index (χ4n) is 2.50. The van der Waals surface area contributed by atoms with E-state index in [0.29, 0.717) is 18.5 Å². The van der Waals surface area contributed by atoms with Crippen LogP contribution in [0.15, 0.2) is 35.3 Å². The number of aromatic nitrogens is 1. The fraction of sp³-hybridized carbons (Fsp3) is 0.500. The van der Waals surface area contributed by atoms with E-state index in [-0.39, 0.29) is 0 Å². The molecule has 1 heterocycles. The van der Waals surface area contributed by atoms with Crippen LogP contribution in [-0.2, 0) is 6.54 Å². The lowest BCUT2D eigenvalue weighted by Gasteiger charge is -2.25. The van der Waals surface area contributed by atoms with Gasteiger partial charge >= 0.3 is 0 Å². The molecular formula is C20H31N5S. The van der Waals surface area contributed by atoms with E-state index in [2.05, 4.69) is 72.9 Å². The maximum absolute atomic E-state index is 4.69. The third-order valence-electron chi connectivity index (χ3n) is 4.21. The maximum atomic E-state index is 4.69. The van der Waals surface area contributed by atoms with Crippen LogP contribution in [0.2, 0.25) is 0 Å². The fourth-order valence-corrected chi connectivity index (χ4v) is 3.36. The molecule has 6 heteroatoms. The third-order valence-corrected chi connectivity index (χ3v) is 5.27. The first-order valence-corrected chi connectivity index (χ1v) is 10.1. The predicted octanol–water partition coefficient (Wildman–Crippen LogP) is 3.95. The summed E-state index contributed by atoms with van der Waals surface area (Å²) >= 11 is 1.72. The SMILES string of the molecule is CCNC(=NCc1nc(C)c(C)s1)NCC(Nc1ccccc1)C(C)C. The molecule has 0 spiro atoms. The molecular weight excluding hydrogens is 342 g/mol. The van der Waals surface area contributed by atoms with Crippen LogP contribution in [0.5, 0.6) is 0 Å². The molecule has 0 radical (unpaired) electrons. The van der Waals surface area contributed by atoms with Crippen molar-refractivity contribution in [3.8, 4) is 0 Å². The Bertz CT molecular complexity index is 674. The van der Waals surface area contributed by atoms with Gasteiger partial charge in [0.15, 0.2) is 5.96 Å². The number of benzene rings is 1. The van der Waals surface area contributed by atoms with E-state index in [1.165, 1.54) is 4.88 Å². The second kappa shape index (κ2) is 10.2. The highest BCUT2D eigenvalue weighted by Gasteiger charge is 2.14. The van der Waals surface area contributed by atoms with Crippen LogP contribution in [0.3, 0.4) is 0 Å². The van der Waals surface area contributed by atoms with Gasteiger partial charge in [0.05, 0.1) is 12.2 Å². The summed E-state index contributed by atoms with van der Waals surface area (Å²) in [6.07, 6.45) is 0. The number of anilines is 1. The highest BCUT2D eigenvalue weighted by Crippen LogP contribution is 2.17. The molecule has 1 aromatic carbocycles. The zero-order valence-electron chi connectivity index (χ0n) is 16.5. The number of hydrogen-bond acceptors (Lipinski definition) is 4. The maximum Gasteiger partial charge on any atom is 0.191 e. The molecule has 0 aliphatic carbocycles. The molecule has 1 atom stereocenters. The van der Waals surface area contributed by atoms with E-state index in [1.54, 1.807) is 11.3 Å². The van der Waals surface area contributed by atoms with Crippen molar-refractivity contribution in [2.24, 2.45) is 10.9 Å². The molecule has 1 unspecified atom stereocenters. The van der Waals surface area contributed by atoms with Crippen LogP contribution in [0.1, 0.15) is 36.3 Å². The quantitative estimate of drug-likeness (QED) is 0.484. The number of hydrogen-bond donors (Lipinski definition) is 3. The van der Waals surface area contributed by atoms with Gasteiger partial charge in [0.1, 0.15) is 5.01 Å². The number of thiazole rings is 1. The van der Waals surface area contributed by atoms with Crippen molar-refractivity contribution in [2.45, 2.75) is 47.2 Å². The van der Waals surface area contributed by atoms with Crippen LogP contribution in [0.4, 0.5) is 5.69 Å². The second-order valence-electron chi connectivity index (χ2n) is 6.69. The van der Waals surface area contributed by atoms with Gasteiger partial charge in [-0.15, -0.1) is 11.3 Å². The van der Waals surface area contributed by atoms with E-state index >= 15 is 0 Å². The van der Waals surface area contributed by atoms with Crippen LogP contribution >= 0.6 is 11.3 Å². The molecule has 0 bridgehead atoms. The molecule has 0 amide bonds. The van der Waals surface area contributed by atoms with Crippen LogP contribution < -0.4 is 16.0 Å². The average molecular weight is 374 g/mol. The summed E-state index contributed by atoms with van der Waals surface area (Å²) in [6, 6.07) is 10.6. The smallest absolute Gasteiger partial charge is 0.191 e. The number of para-hydroxylation sites is 1. The molecule has 5 nitrogen and oxygen atoms in total. The number of rotatable bonds is 8. The zero-order chi connectivity index (χ0) is 18.9. The lowest BCUT2D eigenvalue weighted by atomic mass is 10.0. The first-order chi connectivity index (χ1) is 12.5. The van der Waals surface area contributed by atoms with E-state index < -0.39 is 0 Å². The van der Waals surface area contributed by atoms with Gasteiger partial charge in [0, 0.05) is 29.7 Å². The number of guanidine groups is 1. The zero-order valence-corrected chi connectivity index (χ0v) is 17.3. The number of aliphatic imine (C=N–C) groups is 1. The minimum absolute atomic E-state index is 0.311. The topological polar surface area (TPSA) is 61.3 Å². The lowest BCUT2D eigenvalue weighted by molar-refractivity contribution is 0.512. The van der Waals surface area contributed by atoms with Gasteiger partial charge in [-0.25, -0.2) is 9.98 Å². The second-order valence-corrected chi connectivity index (χ2v) is 7.97. The summed E-state index contributed by atoms with van der Waals surface area (Å²) in [5.74, 6) is 1.33. The molecule has 0 aliphatic rings. The van der Waals surface area contributed by atoms with Crippen molar-refractivity contribution in [1.82, 2.24) is 15.6 Å². The van der Waals surface area contributed by atoms with Gasteiger partial charge < -0.3 is 16.0 Å². The first kappa shape index (κ1) is 20.2. The van der Waals surface area contributed by atoms with Gasteiger partial charge in [0.25, 0.3) is 0 Å². The monoisotopic (exact) mass is 373 g/mol. The molecule has 0 fully saturated rings. The molecule has 1 aromatic heterocycles. The Balaban J connectivity index is 1.97. The molecule has 0 saturated heterocycles.